The van der Waals surface area contributed by atoms with E-state index < -0.39 is 11.9 Å². The quantitative estimate of drug-likeness (QED) is 0.339. The van der Waals surface area contributed by atoms with Crippen molar-refractivity contribution in [1.29, 1.82) is 0 Å². The van der Waals surface area contributed by atoms with Crippen LogP contribution in [0.3, 0.4) is 0 Å². The third-order valence-electron chi connectivity index (χ3n) is 7.37. The molecule has 2 aliphatic heterocycles. The third-order valence-corrected chi connectivity index (χ3v) is 7.61. The van der Waals surface area contributed by atoms with Crippen LogP contribution in [-0.2, 0) is 19.2 Å². The first-order valence-corrected chi connectivity index (χ1v) is 12.5. The van der Waals surface area contributed by atoms with E-state index in [1.165, 1.54) is 23.0 Å². The number of fused-ring (bicyclic) bond motifs is 1. The number of amides is 3. The maximum absolute atomic E-state index is 13.1. The summed E-state index contributed by atoms with van der Waals surface area (Å²) in [6.45, 7) is 2.23. The van der Waals surface area contributed by atoms with Crippen molar-refractivity contribution in [2.24, 2.45) is 23.7 Å². The van der Waals surface area contributed by atoms with E-state index in [2.05, 4.69) is 6.92 Å². The number of hydrogen-bond donors (Lipinski definition) is 0. The highest BCUT2D eigenvalue weighted by Gasteiger charge is 2.50. The molecule has 0 N–H and O–H groups in total. The Morgan fingerprint density at radius 3 is 2.58 bits per heavy atom. The van der Waals surface area contributed by atoms with Crippen LogP contribution >= 0.6 is 11.6 Å². The lowest BCUT2D eigenvalue weighted by Gasteiger charge is -2.25. The molecule has 2 aromatic carbocycles. The van der Waals surface area contributed by atoms with Gasteiger partial charge in [-0.2, -0.15) is 0 Å². The summed E-state index contributed by atoms with van der Waals surface area (Å²) >= 11 is 6.11. The van der Waals surface area contributed by atoms with E-state index in [0.29, 0.717) is 40.9 Å². The molecule has 1 aliphatic carbocycles. The number of anilines is 2. The van der Waals surface area contributed by atoms with Gasteiger partial charge < -0.3 is 14.4 Å². The number of nitrogens with zero attached hydrogens (tertiary/aromatic N) is 2. The zero-order valence-electron chi connectivity index (χ0n) is 20.1. The Bertz CT molecular complexity index is 1250. The lowest BCUT2D eigenvalue weighted by atomic mass is 9.76. The topological polar surface area (TPSA) is 93.2 Å². The second-order valence-corrected chi connectivity index (χ2v) is 10.2. The molecule has 3 amide bonds. The fourth-order valence-corrected chi connectivity index (χ4v) is 5.67. The summed E-state index contributed by atoms with van der Waals surface area (Å²) in [7, 11) is 1.50. The average Bonchev–Trinajstić information content (AvgIpc) is 3.36. The summed E-state index contributed by atoms with van der Waals surface area (Å²) in [5, 5.41) is 0.446. The summed E-state index contributed by atoms with van der Waals surface area (Å²) in [6, 6.07) is 11.4. The normalized spacial score (nSPS) is 25.8. The van der Waals surface area contributed by atoms with E-state index in [9.17, 15) is 19.2 Å². The van der Waals surface area contributed by atoms with Gasteiger partial charge >= 0.3 is 5.97 Å². The van der Waals surface area contributed by atoms with Crippen LogP contribution in [0.2, 0.25) is 5.02 Å². The standard InChI is InChI=1S/C27H27ClN2O6/c1-15-6-8-20-21(10-15)26(33)30(25(20)32)18-4-3-5-19(13-18)36-27(34)16-11-24(31)29(14-16)22-12-17(28)7-9-23(22)35-2/h3-5,7,9,12-13,15-16,20-21H,6,8,10-11,14H2,1-2H3/t15-,16-,20-,21+/m1/s1. The number of rotatable bonds is 5. The van der Waals surface area contributed by atoms with E-state index >= 15 is 0 Å². The highest BCUT2D eigenvalue weighted by atomic mass is 35.5. The molecule has 2 aromatic rings. The van der Waals surface area contributed by atoms with E-state index in [1.807, 2.05) is 0 Å². The maximum Gasteiger partial charge on any atom is 0.316 e. The zero-order chi connectivity index (χ0) is 25.6. The molecule has 0 spiro atoms. The molecular weight excluding hydrogens is 484 g/mol. The van der Waals surface area contributed by atoms with Crippen LogP contribution in [0.25, 0.3) is 0 Å². The van der Waals surface area contributed by atoms with Gasteiger partial charge in [-0.25, -0.2) is 4.90 Å². The van der Waals surface area contributed by atoms with Crippen LogP contribution in [0.15, 0.2) is 42.5 Å². The minimum absolute atomic E-state index is 0.0150. The molecule has 5 rings (SSSR count). The Kier molecular flexibility index (Phi) is 6.47. The minimum Gasteiger partial charge on any atom is -0.495 e. The minimum atomic E-state index is -0.691. The molecule has 188 valence electrons. The molecule has 2 saturated heterocycles. The molecule has 8 nitrogen and oxygen atoms in total. The SMILES string of the molecule is COc1ccc(Cl)cc1N1C[C@H](C(=O)Oc2cccc(N3C(=O)[C@H]4C[C@H](C)CC[C@H]4C3=O)c2)CC1=O. The molecule has 3 fully saturated rings. The molecule has 0 radical (unpaired) electrons. The summed E-state index contributed by atoms with van der Waals surface area (Å²) in [5.74, 6) is -1.33. The van der Waals surface area contributed by atoms with Gasteiger partial charge in [0.2, 0.25) is 17.7 Å². The van der Waals surface area contributed by atoms with Gasteiger partial charge in [0.1, 0.15) is 11.5 Å². The molecule has 36 heavy (non-hydrogen) atoms. The number of imide groups is 1. The molecule has 0 aromatic heterocycles. The number of carbonyl (C=O) groups is 4. The van der Waals surface area contributed by atoms with Gasteiger partial charge in [0.25, 0.3) is 0 Å². The second-order valence-electron chi connectivity index (χ2n) is 9.78. The fourth-order valence-electron chi connectivity index (χ4n) is 5.50. The Balaban J connectivity index is 1.30. The van der Waals surface area contributed by atoms with Crippen molar-refractivity contribution in [2.45, 2.75) is 32.6 Å². The Labute approximate surface area is 214 Å². The third kappa shape index (κ3) is 4.34. The Morgan fingerprint density at radius 1 is 1.03 bits per heavy atom. The molecule has 2 heterocycles. The second kappa shape index (κ2) is 9.58. The number of ether oxygens (including phenoxy) is 2. The zero-order valence-corrected chi connectivity index (χ0v) is 20.9. The van der Waals surface area contributed by atoms with Crippen LogP contribution in [0.4, 0.5) is 11.4 Å². The summed E-state index contributed by atoms with van der Waals surface area (Å²) in [4.78, 5) is 54.4. The highest BCUT2D eigenvalue weighted by Crippen LogP contribution is 2.42. The monoisotopic (exact) mass is 510 g/mol. The number of carbonyl (C=O) groups excluding carboxylic acids is 4. The molecule has 1 saturated carbocycles. The van der Waals surface area contributed by atoms with Gasteiger partial charge in [-0.15, -0.1) is 0 Å². The fraction of sp³-hybridized carbons (Fsp3) is 0.407. The van der Waals surface area contributed by atoms with E-state index in [1.54, 1.807) is 36.4 Å². The van der Waals surface area contributed by atoms with Gasteiger partial charge in [-0.3, -0.25) is 19.2 Å². The lowest BCUT2D eigenvalue weighted by Crippen LogP contribution is -2.31. The first kappa shape index (κ1) is 24.3. The van der Waals surface area contributed by atoms with Crippen LogP contribution in [0, 0.1) is 23.7 Å². The van der Waals surface area contributed by atoms with Crippen molar-refractivity contribution in [2.75, 3.05) is 23.5 Å². The number of esters is 1. The number of hydrogen-bond acceptors (Lipinski definition) is 6. The van der Waals surface area contributed by atoms with E-state index in [-0.39, 0.29) is 48.3 Å². The van der Waals surface area contributed by atoms with Crippen LogP contribution in [0.5, 0.6) is 11.5 Å². The van der Waals surface area contributed by atoms with Crippen LogP contribution in [0.1, 0.15) is 32.6 Å². The Morgan fingerprint density at radius 2 is 1.81 bits per heavy atom. The first-order valence-electron chi connectivity index (χ1n) is 12.1. The van der Waals surface area contributed by atoms with Crippen molar-refractivity contribution in [3.8, 4) is 11.5 Å². The smallest absolute Gasteiger partial charge is 0.316 e. The van der Waals surface area contributed by atoms with Crippen LogP contribution < -0.4 is 19.3 Å². The first-order chi connectivity index (χ1) is 17.3. The van der Waals surface area contributed by atoms with Crippen molar-refractivity contribution in [3.05, 3.63) is 47.5 Å². The molecule has 0 bridgehead atoms. The van der Waals surface area contributed by atoms with Crippen molar-refractivity contribution in [3.63, 3.8) is 0 Å². The number of benzene rings is 2. The lowest BCUT2D eigenvalue weighted by molar-refractivity contribution is -0.139. The van der Waals surface area contributed by atoms with Gasteiger partial charge in [0.15, 0.2) is 0 Å². The Hall–Kier alpha value is -3.39. The summed E-state index contributed by atoms with van der Waals surface area (Å²) in [5.41, 5.74) is 0.888. The largest absolute Gasteiger partial charge is 0.495 e. The van der Waals surface area contributed by atoms with Crippen molar-refractivity contribution >= 4 is 46.7 Å². The van der Waals surface area contributed by atoms with Gasteiger partial charge in [-0.1, -0.05) is 24.6 Å². The van der Waals surface area contributed by atoms with E-state index in [0.717, 1.165) is 6.42 Å². The maximum atomic E-state index is 13.1. The molecular formula is C27H27ClN2O6. The predicted octanol–water partition coefficient (Wildman–Crippen LogP) is 4.23. The molecule has 3 aliphatic rings. The molecule has 9 heteroatoms. The van der Waals surface area contributed by atoms with E-state index in [4.69, 9.17) is 21.1 Å². The highest BCUT2D eigenvalue weighted by molar-refractivity contribution is 6.31. The van der Waals surface area contributed by atoms with Gasteiger partial charge in [0.05, 0.1) is 36.2 Å². The average molecular weight is 511 g/mol. The molecule has 0 unspecified atom stereocenters. The van der Waals surface area contributed by atoms with Crippen molar-refractivity contribution < 1.29 is 28.7 Å². The van der Waals surface area contributed by atoms with Crippen LogP contribution in [-0.4, -0.2) is 37.3 Å². The summed E-state index contributed by atoms with van der Waals surface area (Å²) in [6.07, 6.45) is 2.35. The molecule has 4 atom stereocenters. The number of methoxy groups -OCH3 is 1. The predicted molar refractivity (Wildman–Crippen MR) is 133 cm³/mol. The van der Waals surface area contributed by atoms with Gasteiger partial charge in [-0.05, 0) is 55.5 Å². The van der Waals surface area contributed by atoms with Crippen molar-refractivity contribution in [1.82, 2.24) is 0 Å². The summed E-state index contributed by atoms with van der Waals surface area (Å²) < 4.78 is 10.9. The number of halogens is 1. The van der Waals surface area contributed by atoms with Gasteiger partial charge in [0, 0.05) is 24.1 Å².